The molecule has 2 aliphatic carbocycles. The first-order valence-electron chi connectivity index (χ1n) is 16.8. The highest BCUT2D eigenvalue weighted by molar-refractivity contribution is 6.08. The van der Waals surface area contributed by atoms with Crippen LogP contribution < -0.4 is 10.6 Å². The number of hydrogen-bond donors (Lipinski definition) is 1. The molecule has 0 spiro atoms. The number of allylic oxidation sites excluding steroid dienone is 10. The van der Waals surface area contributed by atoms with Crippen molar-refractivity contribution in [3.8, 4) is 0 Å². The molecule has 5 nitrogen and oxygen atoms in total. The van der Waals surface area contributed by atoms with Crippen LogP contribution >= 0.6 is 0 Å². The first-order valence-corrected chi connectivity index (χ1v) is 16.8. The molecule has 3 rings (SSSR count). The van der Waals surface area contributed by atoms with Crippen LogP contribution in [0.15, 0.2) is 89.2 Å². The fourth-order valence-corrected chi connectivity index (χ4v) is 5.02. The number of nitrogens with two attached hydrogens (primary N) is 1. The maximum Gasteiger partial charge on any atom is 0.0885 e. The molecule has 2 aliphatic rings. The maximum absolute atomic E-state index is 5.23. The smallest absolute Gasteiger partial charge is 0.0885 e. The second-order valence-electron chi connectivity index (χ2n) is 10.4. The van der Waals surface area contributed by atoms with Crippen LogP contribution in [0.2, 0.25) is 0 Å². The van der Waals surface area contributed by atoms with Crippen molar-refractivity contribution < 1.29 is 4.74 Å². The van der Waals surface area contributed by atoms with Crippen molar-refractivity contribution in [3.63, 3.8) is 0 Å². The summed E-state index contributed by atoms with van der Waals surface area (Å²) < 4.78 is 5.23. The van der Waals surface area contributed by atoms with Crippen molar-refractivity contribution in [2.75, 3.05) is 57.8 Å². The van der Waals surface area contributed by atoms with Gasteiger partial charge in [-0.15, -0.1) is 0 Å². The number of aliphatic imine (C=N–C) groups is 1. The molecule has 0 unspecified atom stereocenters. The average molecular weight is 605 g/mol. The molecule has 0 radical (unpaired) electrons. The standard InChI is InChI=1S/C24H30N2.C11H21NO.C3H8.CH5N/c1-6-17(5)24-22-12-10-20(25-7-2)15-18(22)14-19-16-21(11-13-23(19)24)26(8-3)9-4;1-4-7-10-13-11-8-9-12(5-2)6-3;1-3-2;1-2/h6,10-13,15-16H,7-9,14H2,1-5H3;4,7,10H,1,5-6,8-9,11H2,2-3H3;3H2,1-2H3;2H2,1H3/b17-6+,25-20?;10-7+;;. The number of rotatable bonds is 13. The lowest BCUT2D eigenvalue weighted by atomic mass is 9.77. The van der Waals surface area contributed by atoms with E-state index in [1.165, 1.54) is 52.6 Å². The summed E-state index contributed by atoms with van der Waals surface area (Å²) in [5, 5.41) is 0. The van der Waals surface area contributed by atoms with Crippen LogP contribution in [0.1, 0.15) is 86.3 Å². The SMILES string of the molecule is C/C=C(\C)C1=C2C=CC(=NCC)C=C2Cc2cc(N(CC)CC)ccc21.C=C/C=C/OCCCN(CC)CC.CCC.CN. The lowest BCUT2D eigenvalue weighted by molar-refractivity contribution is 0.212. The number of ether oxygens (including phenoxy) is 1. The van der Waals surface area contributed by atoms with Crippen LogP contribution in [0.3, 0.4) is 0 Å². The zero-order chi connectivity index (χ0) is 33.3. The van der Waals surface area contributed by atoms with Gasteiger partial charge in [0.25, 0.3) is 0 Å². The fourth-order valence-electron chi connectivity index (χ4n) is 5.02. The van der Waals surface area contributed by atoms with Crippen molar-refractivity contribution in [2.45, 2.75) is 81.6 Å². The van der Waals surface area contributed by atoms with Crippen LogP contribution in [0.25, 0.3) is 5.57 Å². The van der Waals surface area contributed by atoms with E-state index in [9.17, 15) is 0 Å². The monoisotopic (exact) mass is 605 g/mol. The number of nitrogens with zero attached hydrogens (tertiary/aromatic N) is 3. The minimum atomic E-state index is 0.793. The molecule has 2 N–H and O–H groups in total. The molecule has 0 aromatic heterocycles. The Kier molecular flexibility index (Phi) is 23.4. The third kappa shape index (κ3) is 13.7. The topological polar surface area (TPSA) is 54.1 Å². The van der Waals surface area contributed by atoms with E-state index in [0.29, 0.717) is 0 Å². The Balaban J connectivity index is 0.000000867. The molecule has 0 fully saturated rings. The van der Waals surface area contributed by atoms with Crippen molar-refractivity contribution in [3.05, 3.63) is 95.3 Å². The first-order chi connectivity index (χ1) is 21.4. The lowest BCUT2D eigenvalue weighted by Crippen LogP contribution is -2.24. The van der Waals surface area contributed by atoms with E-state index < -0.39 is 0 Å². The zero-order valence-electron chi connectivity index (χ0n) is 29.9. The number of fused-ring (bicyclic) bond motifs is 2. The molecule has 0 saturated heterocycles. The van der Waals surface area contributed by atoms with E-state index in [4.69, 9.17) is 4.74 Å². The summed E-state index contributed by atoms with van der Waals surface area (Å²) in [5.41, 5.74) is 15.2. The van der Waals surface area contributed by atoms with Gasteiger partial charge in [0, 0.05) is 31.9 Å². The molecule has 0 amide bonds. The summed E-state index contributed by atoms with van der Waals surface area (Å²) >= 11 is 0. The Bertz CT molecular complexity index is 1130. The lowest BCUT2D eigenvalue weighted by Gasteiger charge is -2.29. The molecule has 0 heterocycles. The Morgan fingerprint density at radius 1 is 1.00 bits per heavy atom. The second kappa shape index (κ2) is 25.2. The zero-order valence-corrected chi connectivity index (χ0v) is 29.9. The highest BCUT2D eigenvalue weighted by Gasteiger charge is 2.24. The minimum absolute atomic E-state index is 0.793. The Hall–Kier alpha value is -3.15. The van der Waals surface area contributed by atoms with E-state index in [1.807, 2.05) is 0 Å². The Morgan fingerprint density at radius 2 is 1.66 bits per heavy atom. The van der Waals surface area contributed by atoms with Crippen molar-refractivity contribution in [1.29, 1.82) is 0 Å². The highest BCUT2D eigenvalue weighted by atomic mass is 16.5. The number of benzene rings is 1. The van der Waals surface area contributed by atoms with Crippen LogP contribution in [0.4, 0.5) is 5.69 Å². The van der Waals surface area contributed by atoms with Crippen LogP contribution in [-0.4, -0.2) is 63.5 Å². The van der Waals surface area contributed by atoms with Crippen LogP contribution in [-0.2, 0) is 11.2 Å². The molecule has 246 valence electrons. The molecule has 1 aromatic carbocycles. The highest BCUT2D eigenvalue weighted by Crippen LogP contribution is 2.41. The van der Waals surface area contributed by atoms with Crippen molar-refractivity contribution in [1.82, 2.24) is 4.90 Å². The summed E-state index contributed by atoms with van der Waals surface area (Å²) in [7, 11) is 1.50. The van der Waals surface area contributed by atoms with E-state index in [1.54, 1.807) is 18.4 Å². The quantitative estimate of drug-likeness (QED) is 0.139. The Labute approximate surface area is 271 Å². The maximum atomic E-state index is 5.23. The molecule has 0 atom stereocenters. The molecule has 0 aliphatic heterocycles. The number of anilines is 1. The summed E-state index contributed by atoms with van der Waals surface area (Å²) in [4.78, 5) is 9.41. The third-order valence-electron chi connectivity index (χ3n) is 7.34. The molecule has 5 heteroatoms. The molecule has 0 saturated carbocycles. The van der Waals surface area contributed by atoms with Gasteiger partial charge in [0.15, 0.2) is 0 Å². The van der Waals surface area contributed by atoms with Gasteiger partial charge in [-0.2, -0.15) is 0 Å². The van der Waals surface area contributed by atoms with E-state index in [0.717, 1.165) is 64.4 Å². The molecular formula is C39H64N4O. The van der Waals surface area contributed by atoms with Gasteiger partial charge in [-0.3, -0.25) is 4.99 Å². The molecule has 1 aromatic rings. The minimum Gasteiger partial charge on any atom is -0.501 e. The van der Waals surface area contributed by atoms with Gasteiger partial charge in [0.05, 0.1) is 18.6 Å². The van der Waals surface area contributed by atoms with Crippen LogP contribution in [0.5, 0.6) is 0 Å². The molecule has 44 heavy (non-hydrogen) atoms. The normalized spacial score (nSPS) is 14.4. The molecule has 0 bridgehead atoms. The third-order valence-corrected chi connectivity index (χ3v) is 7.34. The van der Waals surface area contributed by atoms with Gasteiger partial charge in [0.1, 0.15) is 0 Å². The van der Waals surface area contributed by atoms with Crippen molar-refractivity contribution >= 4 is 17.0 Å². The van der Waals surface area contributed by atoms with Crippen LogP contribution in [0, 0.1) is 0 Å². The second-order valence-corrected chi connectivity index (χ2v) is 10.4. The van der Waals surface area contributed by atoms with Gasteiger partial charge in [-0.05, 0) is 131 Å². The summed E-state index contributed by atoms with van der Waals surface area (Å²) in [6.07, 6.45) is 17.4. The van der Waals surface area contributed by atoms with E-state index in [-0.39, 0.29) is 0 Å². The Morgan fingerprint density at radius 3 is 2.20 bits per heavy atom. The van der Waals surface area contributed by atoms with Gasteiger partial charge >= 0.3 is 0 Å². The predicted molar refractivity (Wildman–Crippen MR) is 199 cm³/mol. The van der Waals surface area contributed by atoms with E-state index >= 15 is 0 Å². The average Bonchev–Trinajstić information content (AvgIpc) is 3.05. The predicted octanol–water partition coefficient (Wildman–Crippen LogP) is 9.19. The molecular weight excluding hydrogens is 540 g/mol. The van der Waals surface area contributed by atoms with Gasteiger partial charge < -0.3 is 20.3 Å². The van der Waals surface area contributed by atoms with Crippen molar-refractivity contribution in [2.24, 2.45) is 10.7 Å². The largest absolute Gasteiger partial charge is 0.501 e. The van der Waals surface area contributed by atoms with E-state index in [2.05, 4.69) is 132 Å². The van der Waals surface area contributed by atoms with Gasteiger partial charge in [-0.1, -0.05) is 65.0 Å². The summed E-state index contributed by atoms with van der Waals surface area (Å²) in [6, 6.07) is 6.98. The fraction of sp³-hybridized carbons (Fsp3) is 0.513. The summed E-state index contributed by atoms with van der Waals surface area (Å²) in [6.45, 7) is 30.1. The summed E-state index contributed by atoms with van der Waals surface area (Å²) in [5.74, 6) is 0. The first kappa shape index (κ1) is 40.9. The number of hydrogen-bond acceptors (Lipinski definition) is 5. The van der Waals surface area contributed by atoms with Gasteiger partial charge in [-0.25, -0.2) is 0 Å². The van der Waals surface area contributed by atoms with Gasteiger partial charge in [0.2, 0.25) is 0 Å².